The summed E-state index contributed by atoms with van der Waals surface area (Å²) in [7, 11) is -3.10. The van der Waals surface area contributed by atoms with Gasteiger partial charge in [-0.25, -0.2) is 8.42 Å². The van der Waals surface area contributed by atoms with Gasteiger partial charge in [-0.1, -0.05) is 19.1 Å². The highest BCUT2D eigenvalue weighted by atomic mass is 32.2. The van der Waals surface area contributed by atoms with Gasteiger partial charge in [-0.15, -0.1) is 0 Å². The van der Waals surface area contributed by atoms with E-state index in [1.165, 1.54) is 0 Å². The fraction of sp³-hybridized carbons (Fsp3) is 0.556. The molecule has 0 aromatic heterocycles. The fourth-order valence-corrected chi connectivity index (χ4v) is 2.34. The average Bonchev–Trinajstić information content (AvgIpc) is 2.04. The summed E-state index contributed by atoms with van der Waals surface area (Å²) in [6.45, 7) is 1.85. The number of hydrogen-bond donors (Lipinski definition) is 1. The molecular formula is C9H15NO2S. The lowest BCUT2D eigenvalue weighted by Crippen LogP contribution is -2.25. The quantitative estimate of drug-likeness (QED) is 0.750. The zero-order valence-corrected chi connectivity index (χ0v) is 8.60. The molecule has 0 heterocycles. The van der Waals surface area contributed by atoms with E-state index >= 15 is 0 Å². The second-order valence-electron chi connectivity index (χ2n) is 3.06. The van der Waals surface area contributed by atoms with Crippen LogP contribution in [0, 0.1) is 0 Å². The summed E-state index contributed by atoms with van der Waals surface area (Å²) in [4.78, 5) is 0. The van der Waals surface area contributed by atoms with Crippen LogP contribution in [0.3, 0.4) is 0 Å². The van der Waals surface area contributed by atoms with Gasteiger partial charge in [0.05, 0.1) is 5.75 Å². The van der Waals surface area contributed by atoms with Crippen molar-refractivity contribution >= 4 is 10.0 Å². The second kappa shape index (κ2) is 4.46. The number of nitrogens with one attached hydrogen (secondary N) is 1. The molecule has 0 saturated carbocycles. The highest BCUT2D eigenvalue weighted by Crippen LogP contribution is 2.08. The Morgan fingerprint density at radius 1 is 1.46 bits per heavy atom. The van der Waals surface area contributed by atoms with Crippen LogP contribution in [0.4, 0.5) is 0 Å². The SMILES string of the molecule is CCCS(=O)(=O)NC1=CCCC=C1. The standard InChI is InChI=1S/C9H15NO2S/c1-2-8-13(11,12)10-9-6-4-3-5-7-9/h4,6-7,10H,2-3,5,8H2,1H3. The van der Waals surface area contributed by atoms with Crippen molar-refractivity contribution in [2.45, 2.75) is 26.2 Å². The maximum atomic E-state index is 11.3. The van der Waals surface area contributed by atoms with Gasteiger partial charge in [-0.3, -0.25) is 4.72 Å². The van der Waals surface area contributed by atoms with E-state index < -0.39 is 10.0 Å². The molecule has 74 valence electrons. The molecule has 0 bridgehead atoms. The first-order chi connectivity index (χ1) is 6.14. The molecule has 0 amide bonds. The summed E-state index contributed by atoms with van der Waals surface area (Å²) in [5.74, 6) is 0.193. The Labute approximate surface area is 79.6 Å². The Hall–Kier alpha value is -0.770. The molecular weight excluding hydrogens is 186 g/mol. The largest absolute Gasteiger partial charge is 0.284 e. The van der Waals surface area contributed by atoms with E-state index in [1.54, 1.807) is 0 Å². The van der Waals surface area contributed by atoms with Gasteiger partial charge in [0.15, 0.2) is 0 Å². The molecule has 0 radical (unpaired) electrons. The third-order valence-electron chi connectivity index (χ3n) is 1.74. The van der Waals surface area contributed by atoms with Crippen molar-refractivity contribution in [1.82, 2.24) is 4.72 Å². The molecule has 0 unspecified atom stereocenters. The van der Waals surface area contributed by atoms with Crippen LogP contribution < -0.4 is 4.72 Å². The van der Waals surface area contributed by atoms with Crippen molar-refractivity contribution < 1.29 is 8.42 Å². The van der Waals surface area contributed by atoms with Gasteiger partial charge >= 0.3 is 0 Å². The molecule has 4 heteroatoms. The summed E-state index contributed by atoms with van der Waals surface area (Å²) < 4.78 is 25.2. The highest BCUT2D eigenvalue weighted by Gasteiger charge is 2.09. The Morgan fingerprint density at radius 2 is 2.23 bits per heavy atom. The minimum Gasteiger partial charge on any atom is -0.284 e. The molecule has 1 aliphatic rings. The maximum Gasteiger partial charge on any atom is 0.232 e. The van der Waals surface area contributed by atoms with Crippen LogP contribution >= 0.6 is 0 Å². The number of allylic oxidation sites excluding steroid dienone is 3. The van der Waals surface area contributed by atoms with Gasteiger partial charge in [0.1, 0.15) is 0 Å². The predicted octanol–water partition coefficient (Wildman–Crippen LogP) is 1.55. The van der Waals surface area contributed by atoms with Gasteiger partial charge in [-0.05, 0) is 25.3 Å². The van der Waals surface area contributed by atoms with Crippen molar-refractivity contribution in [3.8, 4) is 0 Å². The Bertz CT molecular complexity index is 315. The maximum absolute atomic E-state index is 11.3. The first kappa shape index (κ1) is 10.3. The Morgan fingerprint density at radius 3 is 2.77 bits per heavy atom. The zero-order valence-electron chi connectivity index (χ0n) is 7.79. The van der Waals surface area contributed by atoms with Gasteiger partial charge in [-0.2, -0.15) is 0 Å². The minimum atomic E-state index is -3.10. The highest BCUT2D eigenvalue weighted by molar-refractivity contribution is 7.89. The second-order valence-corrected chi connectivity index (χ2v) is 4.90. The normalized spacial score (nSPS) is 16.8. The van der Waals surface area contributed by atoms with Crippen molar-refractivity contribution in [3.63, 3.8) is 0 Å². The third-order valence-corrected chi connectivity index (χ3v) is 3.23. The molecule has 0 aromatic carbocycles. The van der Waals surface area contributed by atoms with E-state index in [0.717, 1.165) is 12.8 Å². The fourth-order valence-electron chi connectivity index (χ4n) is 1.19. The van der Waals surface area contributed by atoms with Crippen LogP contribution in [0.15, 0.2) is 23.9 Å². The molecule has 0 saturated heterocycles. The number of sulfonamides is 1. The van der Waals surface area contributed by atoms with Crippen molar-refractivity contribution in [2.24, 2.45) is 0 Å². The van der Waals surface area contributed by atoms with Crippen LogP contribution in [0.1, 0.15) is 26.2 Å². The molecule has 1 N–H and O–H groups in total. The molecule has 1 aliphatic carbocycles. The van der Waals surface area contributed by atoms with E-state index in [9.17, 15) is 8.42 Å². The molecule has 0 spiro atoms. The smallest absolute Gasteiger partial charge is 0.232 e. The summed E-state index contributed by atoms with van der Waals surface area (Å²) in [6.07, 6.45) is 8.26. The minimum absolute atomic E-state index is 0.193. The number of hydrogen-bond acceptors (Lipinski definition) is 2. The molecule has 3 nitrogen and oxygen atoms in total. The van der Waals surface area contributed by atoms with E-state index in [2.05, 4.69) is 4.72 Å². The first-order valence-corrected chi connectivity index (χ1v) is 6.16. The van der Waals surface area contributed by atoms with Crippen LogP contribution in [0.5, 0.6) is 0 Å². The molecule has 13 heavy (non-hydrogen) atoms. The predicted molar refractivity (Wildman–Crippen MR) is 53.7 cm³/mol. The van der Waals surface area contributed by atoms with Gasteiger partial charge in [0.2, 0.25) is 10.0 Å². The van der Waals surface area contributed by atoms with Gasteiger partial charge in [0, 0.05) is 5.70 Å². The number of rotatable bonds is 4. The van der Waals surface area contributed by atoms with Crippen LogP contribution in [-0.2, 0) is 10.0 Å². The Kier molecular flexibility index (Phi) is 3.54. The molecule has 1 rings (SSSR count). The van der Waals surface area contributed by atoms with E-state index in [1.807, 2.05) is 25.2 Å². The molecule has 0 fully saturated rings. The summed E-state index contributed by atoms with van der Waals surface area (Å²) in [5.41, 5.74) is 0.708. The van der Waals surface area contributed by atoms with E-state index in [4.69, 9.17) is 0 Å². The summed E-state index contributed by atoms with van der Waals surface area (Å²) in [6, 6.07) is 0. The van der Waals surface area contributed by atoms with Crippen LogP contribution in [0.2, 0.25) is 0 Å². The summed E-state index contributed by atoms with van der Waals surface area (Å²) in [5, 5.41) is 0. The van der Waals surface area contributed by atoms with Crippen LogP contribution in [-0.4, -0.2) is 14.2 Å². The Balaban J connectivity index is 2.57. The zero-order chi connectivity index (χ0) is 9.73. The van der Waals surface area contributed by atoms with Crippen molar-refractivity contribution in [1.29, 1.82) is 0 Å². The van der Waals surface area contributed by atoms with Gasteiger partial charge < -0.3 is 0 Å². The monoisotopic (exact) mass is 201 g/mol. The lowest BCUT2D eigenvalue weighted by Gasteiger charge is -2.09. The van der Waals surface area contributed by atoms with Gasteiger partial charge in [0.25, 0.3) is 0 Å². The topological polar surface area (TPSA) is 46.2 Å². The molecule has 0 atom stereocenters. The lowest BCUT2D eigenvalue weighted by atomic mass is 10.2. The van der Waals surface area contributed by atoms with Crippen molar-refractivity contribution in [2.75, 3.05) is 5.75 Å². The lowest BCUT2D eigenvalue weighted by molar-refractivity contribution is 0.587. The van der Waals surface area contributed by atoms with Crippen molar-refractivity contribution in [3.05, 3.63) is 23.9 Å². The van der Waals surface area contributed by atoms with Crippen LogP contribution in [0.25, 0.3) is 0 Å². The first-order valence-electron chi connectivity index (χ1n) is 4.51. The van der Waals surface area contributed by atoms with E-state index in [-0.39, 0.29) is 5.75 Å². The third kappa shape index (κ3) is 3.63. The molecule has 0 aliphatic heterocycles. The summed E-state index contributed by atoms with van der Waals surface area (Å²) >= 11 is 0. The molecule has 0 aromatic rings. The average molecular weight is 201 g/mol. The van der Waals surface area contributed by atoms with E-state index in [0.29, 0.717) is 12.1 Å².